The third kappa shape index (κ3) is 4.36. The SMILES string of the molecule is O=C(Nc1cc(Cl)ccc1Cl)c1cnc(NC2CCCCC2)cn1. The number of hydrogen-bond acceptors (Lipinski definition) is 4. The van der Waals surface area contributed by atoms with E-state index in [9.17, 15) is 4.79 Å². The number of benzene rings is 1. The van der Waals surface area contributed by atoms with Crippen LogP contribution in [0.3, 0.4) is 0 Å². The van der Waals surface area contributed by atoms with Crippen molar-refractivity contribution in [1.82, 2.24) is 9.97 Å². The fourth-order valence-corrected chi connectivity index (χ4v) is 3.09. The molecule has 1 heterocycles. The molecule has 7 heteroatoms. The number of carbonyl (C=O) groups is 1. The van der Waals surface area contributed by atoms with Crippen LogP contribution in [0.5, 0.6) is 0 Å². The highest BCUT2D eigenvalue weighted by Gasteiger charge is 2.15. The van der Waals surface area contributed by atoms with Gasteiger partial charge in [0.1, 0.15) is 11.5 Å². The Labute approximate surface area is 150 Å². The van der Waals surface area contributed by atoms with Crippen molar-refractivity contribution in [2.24, 2.45) is 0 Å². The van der Waals surface area contributed by atoms with Crippen molar-refractivity contribution >= 4 is 40.6 Å². The van der Waals surface area contributed by atoms with E-state index in [1.807, 2.05) is 0 Å². The maximum atomic E-state index is 12.2. The molecule has 1 aliphatic rings. The first-order chi connectivity index (χ1) is 11.6. The molecular formula is C17H18Cl2N4O. The summed E-state index contributed by atoms with van der Waals surface area (Å²) in [6.45, 7) is 0. The molecule has 0 atom stereocenters. The van der Waals surface area contributed by atoms with Crippen molar-refractivity contribution in [3.8, 4) is 0 Å². The van der Waals surface area contributed by atoms with Gasteiger partial charge in [0.15, 0.2) is 0 Å². The molecule has 0 saturated heterocycles. The second-order valence-corrected chi connectivity index (χ2v) is 6.69. The fourth-order valence-electron chi connectivity index (χ4n) is 2.76. The Bertz CT molecular complexity index is 715. The van der Waals surface area contributed by atoms with Gasteiger partial charge in [-0.2, -0.15) is 0 Å². The van der Waals surface area contributed by atoms with E-state index in [1.165, 1.54) is 25.5 Å². The Morgan fingerprint density at radius 3 is 2.58 bits per heavy atom. The molecule has 1 aromatic carbocycles. The van der Waals surface area contributed by atoms with Gasteiger partial charge in [-0.3, -0.25) is 4.79 Å². The number of carbonyl (C=O) groups excluding carboxylic acids is 1. The molecule has 5 nitrogen and oxygen atoms in total. The molecule has 0 bridgehead atoms. The van der Waals surface area contributed by atoms with Crippen molar-refractivity contribution in [2.45, 2.75) is 38.1 Å². The summed E-state index contributed by atoms with van der Waals surface area (Å²) in [5.41, 5.74) is 0.667. The van der Waals surface area contributed by atoms with E-state index < -0.39 is 0 Å². The number of aromatic nitrogens is 2. The molecular weight excluding hydrogens is 347 g/mol. The first-order valence-electron chi connectivity index (χ1n) is 7.97. The third-order valence-electron chi connectivity index (χ3n) is 4.02. The Balaban J connectivity index is 1.64. The molecule has 1 aromatic heterocycles. The third-order valence-corrected chi connectivity index (χ3v) is 4.58. The van der Waals surface area contributed by atoms with E-state index in [0.29, 0.717) is 27.6 Å². The smallest absolute Gasteiger partial charge is 0.275 e. The van der Waals surface area contributed by atoms with Gasteiger partial charge in [-0.05, 0) is 31.0 Å². The molecule has 0 aliphatic heterocycles. The zero-order valence-corrected chi connectivity index (χ0v) is 14.6. The van der Waals surface area contributed by atoms with Crippen LogP contribution in [-0.2, 0) is 0 Å². The van der Waals surface area contributed by atoms with Gasteiger partial charge >= 0.3 is 0 Å². The Morgan fingerprint density at radius 1 is 1.08 bits per heavy atom. The molecule has 1 amide bonds. The number of halogens is 2. The molecule has 126 valence electrons. The van der Waals surface area contributed by atoms with Gasteiger partial charge in [0.2, 0.25) is 0 Å². The summed E-state index contributed by atoms with van der Waals surface area (Å²) in [6.07, 6.45) is 9.13. The van der Waals surface area contributed by atoms with Crippen molar-refractivity contribution in [2.75, 3.05) is 10.6 Å². The predicted molar refractivity (Wildman–Crippen MR) is 96.9 cm³/mol. The minimum Gasteiger partial charge on any atom is -0.366 e. The van der Waals surface area contributed by atoms with Crippen LogP contribution in [0.2, 0.25) is 10.0 Å². The normalized spacial score (nSPS) is 15.1. The van der Waals surface area contributed by atoms with E-state index in [4.69, 9.17) is 23.2 Å². The summed E-state index contributed by atoms with van der Waals surface area (Å²) in [4.78, 5) is 20.7. The van der Waals surface area contributed by atoms with Gasteiger partial charge in [-0.1, -0.05) is 42.5 Å². The second kappa shape index (κ2) is 7.81. The number of nitrogens with one attached hydrogen (secondary N) is 2. The standard InChI is InChI=1S/C17H18Cl2N4O/c18-11-6-7-13(19)14(8-11)23-17(24)15-9-21-16(10-20-15)22-12-4-2-1-3-5-12/h6-10,12H,1-5H2,(H,21,22)(H,23,24). The van der Waals surface area contributed by atoms with Crippen LogP contribution in [0, 0.1) is 0 Å². The van der Waals surface area contributed by atoms with E-state index in [0.717, 1.165) is 12.8 Å². The van der Waals surface area contributed by atoms with Crippen molar-refractivity contribution in [1.29, 1.82) is 0 Å². The van der Waals surface area contributed by atoms with Gasteiger partial charge in [-0.25, -0.2) is 9.97 Å². The minimum absolute atomic E-state index is 0.222. The van der Waals surface area contributed by atoms with Crippen LogP contribution in [0.25, 0.3) is 0 Å². The van der Waals surface area contributed by atoms with Gasteiger partial charge in [-0.15, -0.1) is 0 Å². The van der Waals surface area contributed by atoms with E-state index >= 15 is 0 Å². The fraction of sp³-hybridized carbons (Fsp3) is 0.353. The molecule has 0 unspecified atom stereocenters. The summed E-state index contributed by atoms with van der Waals surface area (Å²) in [5, 5.41) is 6.97. The minimum atomic E-state index is -0.379. The lowest BCUT2D eigenvalue weighted by Crippen LogP contribution is -2.23. The van der Waals surface area contributed by atoms with Crippen LogP contribution < -0.4 is 10.6 Å². The number of rotatable bonds is 4. The lowest BCUT2D eigenvalue weighted by atomic mass is 9.96. The zero-order valence-electron chi connectivity index (χ0n) is 13.1. The summed E-state index contributed by atoms with van der Waals surface area (Å²) >= 11 is 12.0. The number of anilines is 2. The van der Waals surface area contributed by atoms with Crippen molar-refractivity contribution in [3.63, 3.8) is 0 Å². The number of amides is 1. The van der Waals surface area contributed by atoms with Gasteiger partial charge in [0, 0.05) is 11.1 Å². The van der Waals surface area contributed by atoms with Gasteiger partial charge < -0.3 is 10.6 Å². The first-order valence-corrected chi connectivity index (χ1v) is 8.72. The average molecular weight is 365 g/mol. The van der Waals surface area contributed by atoms with Crippen LogP contribution in [0.4, 0.5) is 11.5 Å². The molecule has 24 heavy (non-hydrogen) atoms. The van der Waals surface area contributed by atoms with E-state index in [-0.39, 0.29) is 11.6 Å². The maximum absolute atomic E-state index is 12.2. The van der Waals surface area contributed by atoms with Gasteiger partial charge in [0.05, 0.1) is 23.1 Å². The number of nitrogens with zero attached hydrogens (tertiary/aromatic N) is 2. The zero-order chi connectivity index (χ0) is 16.9. The van der Waals surface area contributed by atoms with Gasteiger partial charge in [0.25, 0.3) is 5.91 Å². The number of hydrogen-bond donors (Lipinski definition) is 2. The first kappa shape index (κ1) is 17.0. The van der Waals surface area contributed by atoms with Crippen molar-refractivity contribution in [3.05, 3.63) is 46.3 Å². The lowest BCUT2D eigenvalue weighted by molar-refractivity contribution is 0.102. The molecule has 3 rings (SSSR count). The topological polar surface area (TPSA) is 66.9 Å². The van der Waals surface area contributed by atoms with Crippen LogP contribution >= 0.6 is 23.2 Å². The van der Waals surface area contributed by atoms with Crippen LogP contribution in [-0.4, -0.2) is 21.9 Å². The molecule has 1 aliphatic carbocycles. The summed E-state index contributed by atoms with van der Waals surface area (Å²) in [6, 6.07) is 5.32. The molecule has 1 fully saturated rings. The molecule has 0 spiro atoms. The highest BCUT2D eigenvalue weighted by Crippen LogP contribution is 2.26. The summed E-state index contributed by atoms with van der Waals surface area (Å²) in [7, 11) is 0. The summed E-state index contributed by atoms with van der Waals surface area (Å²) < 4.78 is 0. The molecule has 2 aromatic rings. The van der Waals surface area contributed by atoms with Crippen LogP contribution in [0.15, 0.2) is 30.6 Å². The van der Waals surface area contributed by atoms with Crippen molar-refractivity contribution < 1.29 is 4.79 Å². The summed E-state index contributed by atoms with van der Waals surface area (Å²) in [5.74, 6) is 0.315. The maximum Gasteiger partial charge on any atom is 0.275 e. The van der Waals surface area contributed by atoms with E-state index in [2.05, 4.69) is 20.6 Å². The average Bonchev–Trinajstić information content (AvgIpc) is 2.60. The quantitative estimate of drug-likeness (QED) is 0.818. The highest BCUT2D eigenvalue weighted by molar-refractivity contribution is 6.35. The lowest BCUT2D eigenvalue weighted by Gasteiger charge is -2.23. The predicted octanol–water partition coefficient (Wildman–Crippen LogP) is 4.78. The molecule has 1 saturated carbocycles. The Hall–Kier alpha value is -1.85. The Morgan fingerprint density at radius 2 is 1.88 bits per heavy atom. The van der Waals surface area contributed by atoms with Crippen LogP contribution in [0.1, 0.15) is 42.6 Å². The largest absolute Gasteiger partial charge is 0.366 e. The second-order valence-electron chi connectivity index (χ2n) is 5.84. The monoisotopic (exact) mass is 364 g/mol. The van der Waals surface area contributed by atoms with E-state index in [1.54, 1.807) is 24.4 Å². The molecule has 0 radical (unpaired) electrons. The Kier molecular flexibility index (Phi) is 5.53. The highest BCUT2D eigenvalue weighted by atomic mass is 35.5. The molecule has 2 N–H and O–H groups in total.